The van der Waals surface area contributed by atoms with E-state index >= 15 is 0 Å². The molecule has 2 rings (SSSR count). The number of nitrogens with zero attached hydrogens (tertiary/aromatic N) is 2. The molecule has 0 bridgehead atoms. The minimum atomic E-state index is 0.0101. The van der Waals surface area contributed by atoms with E-state index in [2.05, 4.69) is 19.0 Å². The number of rotatable bonds is 2. The summed E-state index contributed by atoms with van der Waals surface area (Å²) in [5.74, 6) is 0.0101. The predicted molar refractivity (Wildman–Crippen MR) is 79.1 cm³/mol. The molecule has 104 valence electrons. The van der Waals surface area contributed by atoms with E-state index in [0.29, 0.717) is 21.7 Å². The molecule has 1 aromatic carbocycles. The van der Waals surface area contributed by atoms with Crippen molar-refractivity contribution in [2.45, 2.75) is 18.9 Å². The van der Waals surface area contributed by atoms with Crippen LogP contribution in [0.25, 0.3) is 0 Å². The quantitative estimate of drug-likeness (QED) is 0.838. The second-order valence-corrected chi connectivity index (χ2v) is 6.04. The summed E-state index contributed by atoms with van der Waals surface area (Å²) in [6, 6.07) is 5.41. The molecule has 0 N–H and O–H groups in total. The Hall–Kier alpha value is -0.770. The van der Waals surface area contributed by atoms with Gasteiger partial charge in [-0.3, -0.25) is 4.79 Å². The van der Waals surface area contributed by atoms with E-state index in [1.165, 1.54) is 0 Å². The normalized spacial score (nSPS) is 19.8. The Kier molecular flexibility index (Phi) is 4.71. The number of halogens is 2. The van der Waals surface area contributed by atoms with Crippen molar-refractivity contribution in [2.75, 3.05) is 27.2 Å². The molecule has 19 heavy (non-hydrogen) atoms. The van der Waals surface area contributed by atoms with Crippen LogP contribution in [0.4, 0.5) is 0 Å². The first-order valence-corrected chi connectivity index (χ1v) is 7.15. The van der Waals surface area contributed by atoms with E-state index in [1.54, 1.807) is 18.2 Å². The fourth-order valence-electron chi connectivity index (χ4n) is 2.42. The van der Waals surface area contributed by atoms with Gasteiger partial charge >= 0.3 is 0 Å². The van der Waals surface area contributed by atoms with Crippen molar-refractivity contribution < 1.29 is 4.79 Å². The van der Waals surface area contributed by atoms with Gasteiger partial charge in [0.05, 0.1) is 0 Å². The van der Waals surface area contributed by atoms with Crippen LogP contribution in [0, 0.1) is 0 Å². The Bertz CT molecular complexity index is 456. The van der Waals surface area contributed by atoms with Crippen LogP contribution < -0.4 is 0 Å². The molecule has 1 heterocycles. The van der Waals surface area contributed by atoms with Gasteiger partial charge in [-0.05, 0) is 45.1 Å². The zero-order valence-electron chi connectivity index (χ0n) is 11.2. The van der Waals surface area contributed by atoms with Crippen LogP contribution in [0.2, 0.25) is 10.0 Å². The van der Waals surface area contributed by atoms with Gasteiger partial charge in [0.25, 0.3) is 5.91 Å². The Morgan fingerprint density at radius 3 is 2.47 bits per heavy atom. The fraction of sp³-hybridized carbons (Fsp3) is 0.500. The second kappa shape index (κ2) is 6.12. The molecular weight excluding hydrogens is 283 g/mol. The third-order valence-electron chi connectivity index (χ3n) is 3.52. The molecule has 1 atom stereocenters. The summed E-state index contributed by atoms with van der Waals surface area (Å²) in [5.41, 5.74) is 0.567. The Labute approximate surface area is 124 Å². The summed E-state index contributed by atoms with van der Waals surface area (Å²) in [5, 5.41) is 0.994. The monoisotopic (exact) mass is 300 g/mol. The molecule has 0 saturated carbocycles. The molecule has 1 aliphatic rings. The first-order chi connectivity index (χ1) is 8.97. The Morgan fingerprint density at radius 1 is 1.26 bits per heavy atom. The highest BCUT2D eigenvalue weighted by atomic mass is 35.5. The maximum atomic E-state index is 12.5. The van der Waals surface area contributed by atoms with Gasteiger partial charge in [0, 0.05) is 34.7 Å². The molecule has 0 aromatic heterocycles. The van der Waals surface area contributed by atoms with Gasteiger partial charge in [-0.2, -0.15) is 0 Å². The molecule has 0 spiro atoms. The average molecular weight is 301 g/mol. The summed E-state index contributed by atoms with van der Waals surface area (Å²) in [6.07, 6.45) is 2.16. The second-order valence-electron chi connectivity index (χ2n) is 5.17. The summed E-state index contributed by atoms with van der Waals surface area (Å²) in [7, 11) is 4.10. The number of piperidine rings is 1. The zero-order chi connectivity index (χ0) is 14.0. The molecule has 1 unspecified atom stereocenters. The predicted octanol–water partition coefficient (Wildman–Crippen LogP) is 3.16. The SMILES string of the molecule is CN(C)C1CCCN(C(=O)c2cc(Cl)cc(Cl)c2)C1. The number of amides is 1. The maximum Gasteiger partial charge on any atom is 0.254 e. The lowest BCUT2D eigenvalue weighted by Gasteiger charge is -2.36. The highest BCUT2D eigenvalue weighted by Gasteiger charge is 2.25. The van der Waals surface area contributed by atoms with Crippen molar-refractivity contribution in [3.63, 3.8) is 0 Å². The van der Waals surface area contributed by atoms with Crippen LogP contribution in [0.1, 0.15) is 23.2 Å². The minimum absolute atomic E-state index is 0.0101. The van der Waals surface area contributed by atoms with Crippen molar-refractivity contribution in [3.05, 3.63) is 33.8 Å². The smallest absolute Gasteiger partial charge is 0.254 e. The molecule has 1 fully saturated rings. The van der Waals surface area contributed by atoms with Crippen molar-refractivity contribution in [1.82, 2.24) is 9.80 Å². The number of carbonyl (C=O) groups is 1. The van der Waals surface area contributed by atoms with E-state index in [-0.39, 0.29) is 5.91 Å². The Balaban J connectivity index is 2.14. The lowest BCUT2D eigenvalue weighted by atomic mass is 10.0. The zero-order valence-corrected chi connectivity index (χ0v) is 12.7. The van der Waals surface area contributed by atoms with E-state index in [4.69, 9.17) is 23.2 Å². The summed E-state index contributed by atoms with van der Waals surface area (Å²) < 4.78 is 0. The summed E-state index contributed by atoms with van der Waals surface area (Å²) in [6.45, 7) is 1.56. The van der Waals surface area contributed by atoms with Crippen molar-refractivity contribution in [1.29, 1.82) is 0 Å². The molecule has 0 radical (unpaired) electrons. The fourth-order valence-corrected chi connectivity index (χ4v) is 2.95. The van der Waals surface area contributed by atoms with E-state index in [0.717, 1.165) is 25.9 Å². The van der Waals surface area contributed by atoms with Gasteiger partial charge in [0.15, 0.2) is 0 Å². The third-order valence-corrected chi connectivity index (χ3v) is 3.96. The average Bonchev–Trinajstić information content (AvgIpc) is 2.37. The first kappa shape index (κ1) is 14.6. The third kappa shape index (κ3) is 3.62. The van der Waals surface area contributed by atoms with Gasteiger partial charge < -0.3 is 9.80 Å². The van der Waals surface area contributed by atoms with E-state index in [9.17, 15) is 4.79 Å². The molecule has 1 aromatic rings. The van der Waals surface area contributed by atoms with Crippen molar-refractivity contribution in [3.8, 4) is 0 Å². The molecule has 5 heteroatoms. The molecule has 1 saturated heterocycles. The van der Waals surface area contributed by atoms with Crippen LogP contribution in [0.15, 0.2) is 18.2 Å². The highest BCUT2D eigenvalue weighted by molar-refractivity contribution is 6.35. The largest absolute Gasteiger partial charge is 0.337 e. The van der Waals surface area contributed by atoms with E-state index in [1.807, 2.05) is 4.90 Å². The van der Waals surface area contributed by atoms with Crippen LogP contribution >= 0.6 is 23.2 Å². The van der Waals surface area contributed by atoms with Crippen molar-refractivity contribution in [2.24, 2.45) is 0 Å². The molecule has 1 aliphatic heterocycles. The number of carbonyl (C=O) groups excluding carboxylic acids is 1. The van der Waals surface area contributed by atoms with Crippen LogP contribution in [-0.4, -0.2) is 48.9 Å². The molecule has 3 nitrogen and oxygen atoms in total. The van der Waals surface area contributed by atoms with Gasteiger partial charge in [0.1, 0.15) is 0 Å². The van der Waals surface area contributed by atoms with Crippen LogP contribution in [0.3, 0.4) is 0 Å². The highest BCUT2D eigenvalue weighted by Crippen LogP contribution is 2.22. The number of hydrogen-bond acceptors (Lipinski definition) is 2. The summed E-state index contributed by atoms with van der Waals surface area (Å²) >= 11 is 11.9. The number of likely N-dealkylation sites (tertiary alicyclic amines) is 1. The van der Waals surface area contributed by atoms with Crippen LogP contribution in [0.5, 0.6) is 0 Å². The lowest BCUT2D eigenvalue weighted by Crippen LogP contribution is -2.47. The van der Waals surface area contributed by atoms with Gasteiger partial charge in [0.2, 0.25) is 0 Å². The van der Waals surface area contributed by atoms with Crippen molar-refractivity contribution >= 4 is 29.1 Å². The number of likely N-dealkylation sites (N-methyl/N-ethyl adjacent to an activating group) is 1. The molecule has 1 amide bonds. The maximum absolute atomic E-state index is 12.5. The van der Waals surface area contributed by atoms with Gasteiger partial charge in [-0.1, -0.05) is 23.2 Å². The minimum Gasteiger partial charge on any atom is -0.337 e. The van der Waals surface area contributed by atoms with Gasteiger partial charge in [-0.25, -0.2) is 0 Å². The molecule has 0 aliphatic carbocycles. The van der Waals surface area contributed by atoms with Crippen LogP contribution in [-0.2, 0) is 0 Å². The standard InChI is InChI=1S/C14H18Cl2N2O/c1-17(2)13-4-3-5-18(9-13)14(19)10-6-11(15)8-12(16)7-10/h6-8,13H,3-5,9H2,1-2H3. The topological polar surface area (TPSA) is 23.6 Å². The molecular formula is C14H18Cl2N2O. The summed E-state index contributed by atoms with van der Waals surface area (Å²) in [4.78, 5) is 16.5. The number of benzene rings is 1. The first-order valence-electron chi connectivity index (χ1n) is 6.39. The lowest BCUT2D eigenvalue weighted by molar-refractivity contribution is 0.0635. The van der Waals surface area contributed by atoms with Gasteiger partial charge in [-0.15, -0.1) is 0 Å². The Morgan fingerprint density at radius 2 is 1.89 bits per heavy atom. The van der Waals surface area contributed by atoms with E-state index < -0.39 is 0 Å². The number of hydrogen-bond donors (Lipinski definition) is 0.